The highest BCUT2D eigenvalue weighted by molar-refractivity contribution is 7.08. The molecule has 0 spiro atoms. The average molecular weight is 277 g/mol. The Kier molecular flexibility index (Phi) is 3.48. The normalized spacial score (nSPS) is 11.3. The van der Waals surface area contributed by atoms with E-state index in [2.05, 4.69) is 19.9 Å². The van der Waals surface area contributed by atoms with Crippen molar-refractivity contribution in [1.29, 1.82) is 0 Å². The van der Waals surface area contributed by atoms with E-state index in [4.69, 9.17) is 5.73 Å². The molecule has 0 aliphatic carbocycles. The predicted molar refractivity (Wildman–Crippen MR) is 75.2 cm³/mol. The van der Waals surface area contributed by atoms with Crippen LogP contribution < -0.4 is 11.1 Å². The fourth-order valence-corrected chi connectivity index (χ4v) is 2.29. The van der Waals surface area contributed by atoms with Crippen molar-refractivity contribution in [2.45, 2.75) is 26.2 Å². The molecule has 2 aromatic heterocycles. The molecular formula is C12H15N5OS. The number of carbonyl (C=O) groups excluding carboxylic acids is 1. The number of nitrogens with two attached hydrogens (primary N) is 1. The molecule has 0 fully saturated rings. The van der Waals surface area contributed by atoms with Crippen LogP contribution >= 0.6 is 11.5 Å². The number of hydrogen-bond acceptors (Lipinski definition) is 6. The third kappa shape index (κ3) is 2.87. The lowest BCUT2D eigenvalue weighted by Gasteiger charge is -2.16. The van der Waals surface area contributed by atoms with Crippen molar-refractivity contribution in [3.63, 3.8) is 0 Å². The molecule has 6 nitrogen and oxygen atoms in total. The van der Waals surface area contributed by atoms with Crippen LogP contribution in [-0.2, 0) is 5.41 Å². The Morgan fingerprint density at radius 1 is 1.42 bits per heavy atom. The van der Waals surface area contributed by atoms with Crippen LogP contribution in [0.3, 0.4) is 0 Å². The van der Waals surface area contributed by atoms with E-state index >= 15 is 0 Å². The lowest BCUT2D eigenvalue weighted by atomic mass is 9.91. The zero-order valence-corrected chi connectivity index (χ0v) is 11.8. The summed E-state index contributed by atoms with van der Waals surface area (Å²) < 4.78 is 3.85. The van der Waals surface area contributed by atoms with E-state index in [0.717, 1.165) is 11.5 Å². The minimum Gasteiger partial charge on any atom is -0.396 e. The zero-order chi connectivity index (χ0) is 14.0. The summed E-state index contributed by atoms with van der Waals surface area (Å²) in [6, 6.07) is 3.39. The van der Waals surface area contributed by atoms with Gasteiger partial charge in [0.2, 0.25) is 0 Å². The Labute approximate surface area is 115 Å². The minimum atomic E-state index is -0.287. The molecule has 7 heteroatoms. The van der Waals surface area contributed by atoms with Crippen molar-refractivity contribution < 1.29 is 4.79 Å². The predicted octanol–water partition coefficient (Wildman–Crippen LogP) is 2.07. The van der Waals surface area contributed by atoms with Gasteiger partial charge in [-0.15, -0.1) is 5.10 Å². The van der Waals surface area contributed by atoms with Crippen LogP contribution in [0.2, 0.25) is 0 Å². The first-order valence-corrected chi connectivity index (χ1v) is 6.51. The van der Waals surface area contributed by atoms with E-state index < -0.39 is 0 Å². The Hall–Kier alpha value is -2.02. The van der Waals surface area contributed by atoms with E-state index in [1.165, 1.54) is 0 Å². The van der Waals surface area contributed by atoms with Crippen LogP contribution in [0.15, 0.2) is 18.3 Å². The second-order valence-corrected chi connectivity index (χ2v) is 5.85. The first-order chi connectivity index (χ1) is 8.89. The second-order valence-electron chi connectivity index (χ2n) is 5.10. The number of pyridine rings is 1. The SMILES string of the molecule is CC(C)(C)c1nnsc1C(=O)Nc1ncccc1N. The van der Waals surface area contributed by atoms with Gasteiger partial charge in [-0.3, -0.25) is 4.79 Å². The Morgan fingerprint density at radius 2 is 2.16 bits per heavy atom. The molecule has 0 aliphatic heterocycles. The molecular weight excluding hydrogens is 262 g/mol. The molecule has 0 saturated carbocycles. The van der Waals surface area contributed by atoms with Crippen LogP contribution in [-0.4, -0.2) is 20.5 Å². The Balaban J connectivity index is 2.27. The molecule has 19 heavy (non-hydrogen) atoms. The quantitative estimate of drug-likeness (QED) is 0.876. The van der Waals surface area contributed by atoms with E-state index in [-0.39, 0.29) is 11.3 Å². The Bertz CT molecular complexity index is 602. The van der Waals surface area contributed by atoms with E-state index in [1.54, 1.807) is 18.3 Å². The summed E-state index contributed by atoms with van der Waals surface area (Å²) in [4.78, 5) is 16.7. The highest BCUT2D eigenvalue weighted by Gasteiger charge is 2.26. The van der Waals surface area contributed by atoms with Gasteiger partial charge in [0.05, 0.1) is 11.4 Å². The summed E-state index contributed by atoms with van der Waals surface area (Å²) in [5.74, 6) is 0.0612. The molecule has 2 aromatic rings. The molecule has 0 unspecified atom stereocenters. The topological polar surface area (TPSA) is 93.8 Å². The van der Waals surface area contributed by atoms with Crippen molar-refractivity contribution in [1.82, 2.24) is 14.6 Å². The van der Waals surface area contributed by atoms with Gasteiger partial charge in [-0.25, -0.2) is 4.98 Å². The van der Waals surface area contributed by atoms with Gasteiger partial charge in [0, 0.05) is 11.6 Å². The molecule has 2 heterocycles. The van der Waals surface area contributed by atoms with Gasteiger partial charge >= 0.3 is 0 Å². The van der Waals surface area contributed by atoms with E-state index in [9.17, 15) is 4.79 Å². The molecule has 2 rings (SSSR count). The average Bonchev–Trinajstić information content (AvgIpc) is 2.81. The van der Waals surface area contributed by atoms with Crippen molar-refractivity contribution in [2.24, 2.45) is 0 Å². The molecule has 100 valence electrons. The van der Waals surface area contributed by atoms with Crippen molar-refractivity contribution in [3.8, 4) is 0 Å². The van der Waals surface area contributed by atoms with Gasteiger partial charge in [0.15, 0.2) is 5.82 Å². The van der Waals surface area contributed by atoms with Crippen LogP contribution in [0, 0.1) is 0 Å². The second kappa shape index (κ2) is 4.93. The monoisotopic (exact) mass is 277 g/mol. The molecule has 0 saturated heterocycles. The third-order valence-corrected chi connectivity index (χ3v) is 3.20. The van der Waals surface area contributed by atoms with Gasteiger partial charge in [-0.1, -0.05) is 25.3 Å². The van der Waals surface area contributed by atoms with Gasteiger partial charge in [0.1, 0.15) is 4.88 Å². The number of rotatable bonds is 2. The summed E-state index contributed by atoms with van der Waals surface area (Å²) in [7, 11) is 0. The van der Waals surface area contributed by atoms with Crippen LogP contribution in [0.5, 0.6) is 0 Å². The number of nitrogen functional groups attached to an aromatic ring is 1. The fraction of sp³-hybridized carbons (Fsp3) is 0.333. The number of nitrogens with zero attached hydrogens (tertiary/aromatic N) is 3. The lowest BCUT2D eigenvalue weighted by Crippen LogP contribution is -2.20. The maximum absolute atomic E-state index is 12.2. The van der Waals surface area contributed by atoms with Crippen LogP contribution in [0.25, 0.3) is 0 Å². The smallest absolute Gasteiger partial charge is 0.270 e. The number of nitrogens with one attached hydrogen (secondary N) is 1. The van der Waals surface area contributed by atoms with Gasteiger partial charge in [-0.05, 0) is 23.7 Å². The standard InChI is InChI=1S/C12H15N5OS/c1-12(2,3)9-8(19-17-16-9)11(18)15-10-7(13)5-4-6-14-10/h4-6H,13H2,1-3H3,(H,14,15,18). The van der Waals surface area contributed by atoms with Crippen molar-refractivity contribution >= 4 is 28.9 Å². The third-order valence-electron chi connectivity index (χ3n) is 2.48. The van der Waals surface area contributed by atoms with Crippen LogP contribution in [0.1, 0.15) is 36.1 Å². The van der Waals surface area contributed by atoms with Gasteiger partial charge in [0.25, 0.3) is 5.91 Å². The highest BCUT2D eigenvalue weighted by Crippen LogP contribution is 2.26. The van der Waals surface area contributed by atoms with Crippen LogP contribution in [0.4, 0.5) is 11.5 Å². The molecule has 1 amide bonds. The molecule has 0 bridgehead atoms. The number of hydrogen-bond donors (Lipinski definition) is 2. The van der Waals surface area contributed by atoms with Gasteiger partial charge < -0.3 is 11.1 Å². The Morgan fingerprint density at radius 3 is 2.79 bits per heavy atom. The molecule has 3 N–H and O–H groups in total. The number of anilines is 2. The summed E-state index contributed by atoms with van der Waals surface area (Å²) in [5.41, 5.74) is 6.59. The lowest BCUT2D eigenvalue weighted by molar-refractivity contribution is 0.102. The highest BCUT2D eigenvalue weighted by atomic mass is 32.1. The maximum atomic E-state index is 12.2. The summed E-state index contributed by atoms with van der Waals surface area (Å²) in [6.45, 7) is 5.95. The largest absolute Gasteiger partial charge is 0.396 e. The molecule has 0 atom stereocenters. The number of amides is 1. The number of aromatic nitrogens is 3. The van der Waals surface area contributed by atoms with Crippen molar-refractivity contribution in [3.05, 3.63) is 28.9 Å². The zero-order valence-electron chi connectivity index (χ0n) is 11.0. The summed E-state index contributed by atoms with van der Waals surface area (Å²) >= 11 is 1.07. The molecule has 0 aromatic carbocycles. The first kappa shape index (κ1) is 13.4. The fourth-order valence-electron chi connectivity index (χ4n) is 1.52. The van der Waals surface area contributed by atoms with Gasteiger partial charge in [-0.2, -0.15) is 0 Å². The van der Waals surface area contributed by atoms with E-state index in [0.29, 0.717) is 22.1 Å². The summed E-state index contributed by atoms with van der Waals surface area (Å²) in [6.07, 6.45) is 1.57. The molecule has 0 radical (unpaired) electrons. The molecule has 0 aliphatic rings. The first-order valence-electron chi connectivity index (χ1n) is 5.74. The summed E-state index contributed by atoms with van der Waals surface area (Å²) in [5, 5.41) is 6.71. The number of carbonyl (C=O) groups is 1. The minimum absolute atomic E-state index is 0.241. The maximum Gasteiger partial charge on any atom is 0.270 e. The van der Waals surface area contributed by atoms with Crippen molar-refractivity contribution in [2.75, 3.05) is 11.1 Å². The van der Waals surface area contributed by atoms with E-state index in [1.807, 2.05) is 20.8 Å².